The van der Waals surface area contributed by atoms with Gasteiger partial charge < -0.3 is 50.9 Å². The van der Waals surface area contributed by atoms with Crippen LogP contribution in [0, 0.1) is 5.41 Å². The Morgan fingerprint density at radius 3 is 2.38 bits per heavy atom. The first-order valence-corrected chi connectivity index (χ1v) is 25.4. The summed E-state index contributed by atoms with van der Waals surface area (Å²) in [5, 5.41) is 26.4. The summed E-state index contributed by atoms with van der Waals surface area (Å²) in [5.41, 5.74) is 4.27. The number of allylic oxidation sites excluding steroid dienone is 4. The minimum absolute atomic E-state index is 0.0309. The minimum atomic E-state index is -5.58. The number of thioether (sulfide) groups is 1. The van der Waals surface area contributed by atoms with Crippen molar-refractivity contribution in [1.82, 2.24) is 30.2 Å². The summed E-state index contributed by atoms with van der Waals surface area (Å²) in [7, 11) is -16.4. The van der Waals surface area contributed by atoms with Gasteiger partial charge in [0, 0.05) is 37.1 Å². The van der Waals surface area contributed by atoms with Gasteiger partial charge in [-0.25, -0.2) is 28.6 Å². The predicted octanol–water partition coefficient (Wildman–Crippen LogP) is 2.92. The second kappa shape index (κ2) is 25.7. The summed E-state index contributed by atoms with van der Waals surface area (Å²) >= 11 is 1.08. The first-order chi connectivity index (χ1) is 29.6. The zero-order chi connectivity index (χ0) is 46.8. The van der Waals surface area contributed by atoms with E-state index in [0.29, 0.717) is 5.75 Å². The van der Waals surface area contributed by atoms with Crippen LogP contribution in [0.3, 0.4) is 0 Å². The number of ether oxygens (including phenoxy) is 1. The molecule has 2 aromatic rings. The van der Waals surface area contributed by atoms with Crippen molar-refractivity contribution in [1.29, 1.82) is 0 Å². The Labute approximate surface area is 368 Å². The van der Waals surface area contributed by atoms with Gasteiger partial charge in [-0.3, -0.25) is 32.5 Å². The smallest absolute Gasteiger partial charge is 0.386 e. The van der Waals surface area contributed by atoms with Crippen LogP contribution in [-0.4, -0.2) is 123 Å². The van der Waals surface area contributed by atoms with Crippen molar-refractivity contribution in [2.75, 3.05) is 37.8 Å². The molecular formula is C35H58N7O17P3S. The third kappa shape index (κ3) is 19.2. The summed E-state index contributed by atoms with van der Waals surface area (Å²) in [5.74, 6) is -1.11. The molecule has 0 aromatic carbocycles. The normalized spacial score (nSPS) is 20.8. The van der Waals surface area contributed by atoms with Gasteiger partial charge in [-0.15, -0.1) is 0 Å². The molecule has 356 valence electrons. The van der Waals surface area contributed by atoms with E-state index in [-0.39, 0.29) is 48.0 Å². The molecule has 1 aliphatic heterocycles. The first-order valence-electron chi connectivity index (χ1n) is 19.9. The van der Waals surface area contributed by atoms with Gasteiger partial charge in [0.15, 0.2) is 22.8 Å². The monoisotopic (exact) mass is 973 g/mol. The molecule has 0 radical (unpaired) electrons. The maximum Gasteiger partial charge on any atom is 0.481 e. The van der Waals surface area contributed by atoms with Crippen molar-refractivity contribution in [2.45, 2.75) is 109 Å². The van der Waals surface area contributed by atoms with Gasteiger partial charge in [-0.05, 0) is 12.8 Å². The molecule has 1 aliphatic rings. The molecule has 2 unspecified atom stereocenters. The molecule has 2 amide bonds. The third-order valence-corrected chi connectivity index (χ3v) is 13.2. The van der Waals surface area contributed by atoms with Crippen molar-refractivity contribution < 1.29 is 80.5 Å². The molecule has 7 atom stereocenters. The van der Waals surface area contributed by atoms with E-state index < -0.39 is 84.6 Å². The number of aromatic nitrogens is 4. The van der Waals surface area contributed by atoms with Crippen LogP contribution in [0.25, 0.3) is 11.2 Å². The van der Waals surface area contributed by atoms with Crippen LogP contribution in [-0.2, 0) is 50.7 Å². The van der Waals surface area contributed by atoms with E-state index in [0.717, 1.165) is 41.8 Å². The Hall–Kier alpha value is -2.96. The van der Waals surface area contributed by atoms with Crippen LogP contribution in [0.15, 0.2) is 37.0 Å². The second-order valence-electron chi connectivity index (χ2n) is 14.9. The third-order valence-electron chi connectivity index (χ3n) is 9.16. The molecule has 1 fully saturated rings. The fourth-order valence-electron chi connectivity index (χ4n) is 5.81. The number of aliphatic hydroxyl groups excluding tert-OH is 2. The number of nitrogens with two attached hydrogens (primary N) is 1. The quantitative estimate of drug-likeness (QED) is 0.0321. The number of phosphoric ester groups is 3. The molecule has 1 saturated heterocycles. The average molecular weight is 974 g/mol. The summed E-state index contributed by atoms with van der Waals surface area (Å²) in [6, 6.07) is 0. The van der Waals surface area contributed by atoms with Crippen molar-refractivity contribution in [3.63, 3.8) is 0 Å². The minimum Gasteiger partial charge on any atom is -0.386 e. The number of aliphatic hydroxyl groups is 2. The van der Waals surface area contributed by atoms with Gasteiger partial charge >= 0.3 is 23.5 Å². The summed E-state index contributed by atoms with van der Waals surface area (Å²) < 4.78 is 62.3. The number of fused-ring (bicyclic) bond motifs is 1. The van der Waals surface area contributed by atoms with E-state index >= 15 is 0 Å². The summed E-state index contributed by atoms with van der Waals surface area (Å²) in [4.78, 5) is 88.0. The van der Waals surface area contributed by atoms with Gasteiger partial charge in [-0.2, -0.15) is 4.31 Å². The summed E-state index contributed by atoms with van der Waals surface area (Å²) in [6.07, 6.45) is 9.38. The van der Waals surface area contributed by atoms with Crippen molar-refractivity contribution in [3.05, 3.63) is 37.0 Å². The highest BCUT2D eigenvalue weighted by Gasteiger charge is 2.50. The number of hydrogen-bond acceptors (Lipinski definition) is 18. The number of amides is 2. The number of carbonyl (C=O) groups excluding carboxylic acids is 3. The lowest BCUT2D eigenvalue weighted by atomic mass is 9.87. The molecule has 3 heterocycles. The fourth-order valence-corrected chi connectivity index (χ4v) is 9.29. The van der Waals surface area contributed by atoms with Gasteiger partial charge in [-0.1, -0.05) is 88.9 Å². The number of nitrogens with one attached hydrogen (secondary N) is 2. The van der Waals surface area contributed by atoms with Crippen LogP contribution >= 0.6 is 35.2 Å². The first kappa shape index (κ1) is 54.4. The van der Waals surface area contributed by atoms with Crippen molar-refractivity contribution in [3.8, 4) is 0 Å². The number of hydrogen-bond donors (Lipinski definition) is 9. The second-order valence-corrected chi connectivity index (χ2v) is 20.3. The number of nitrogens with zero attached hydrogens (tertiary/aromatic N) is 4. The van der Waals surface area contributed by atoms with Crippen LogP contribution in [0.1, 0.15) is 84.8 Å². The van der Waals surface area contributed by atoms with Gasteiger partial charge in [0.05, 0.1) is 19.5 Å². The van der Waals surface area contributed by atoms with Crippen molar-refractivity contribution in [2.24, 2.45) is 5.41 Å². The Kier molecular flexibility index (Phi) is 22.1. The highest BCUT2D eigenvalue weighted by atomic mass is 32.2. The number of carbonyl (C=O) groups is 3. The largest absolute Gasteiger partial charge is 0.481 e. The zero-order valence-electron chi connectivity index (χ0n) is 35.0. The van der Waals surface area contributed by atoms with E-state index in [1.54, 1.807) is 6.08 Å². The lowest BCUT2D eigenvalue weighted by Crippen LogP contribution is -2.46. The molecule has 0 saturated carbocycles. The Morgan fingerprint density at radius 1 is 0.984 bits per heavy atom. The Bertz CT molecular complexity index is 2020. The molecule has 10 N–H and O–H groups in total. The van der Waals surface area contributed by atoms with E-state index in [9.17, 15) is 57.9 Å². The molecule has 63 heavy (non-hydrogen) atoms. The van der Waals surface area contributed by atoms with Gasteiger partial charge in [0.2, 0.25) is 11.8 Å². The molecular weight excluding hydrogens is 915 g/mol. The van der Waals surface area contributed by atoms with Crippen LogP contribution in [0.2, 0.25) is 0 Å². The van der Waals surface area contributed by atoms with Crippen LogP contribution in [0.5, 0.6) is 0 Å². The molecule has 28 heteroatoms. The van der Waals surface area contributed by atoms with Crippen LogP contribution < -0.4 is 16.4 Å². The summed E-state index contributed by atoms with van der Waals surface area (Å²) in [6.45, 7) is 2.69. The molecule has 3 rings (SSSR count). The predicted molar refractivity (Wildman–Crippen MR) is 228 cm³/mol. The van der Waals surface area contributed by atoms with E-state index in [1.165, 1.54) is 46.0 Å². The molecule has 2 aromatic heterocycles. The van der Waals surface area contributed by atoms with Crippen LogP contribution in [0.4, 0.5) is 5.82 Å². The number of phosphoric acid groups is 3. The fraction of sp³-hybridized carbons (Fsp3) is 0.657. The van der Waals surface area contributed by atoms with E-state index in [4.69, 9.17) is 19.5 Å². The average Bonchev–Trinajstić information content (AvgIpc) is 3.76. The molecule has 24 nitrogen and oxygen atoms in total. The number of nitrogen functional groups attached to an aromatic ring is 1. The van der Waals surface area contributed by atoms with E-state index in [1.807, 2.05) is 12.2 Å². The maximum absolute atomic E-state index is 12.7. The molecule has 0 aliphatic carbocycles. The lowest BCUT2D eigenvalue weighted by Gasteiger charge is -2.30. The Morgan fingerprint density at radius 2 is 1.67 bits per heavy atom. The number of rotatable bonds is 29. The topological polar surface area (TPSA) is 364 Å². The lowest BCUT2D eigenvalue weighted by molar-refractivity contribution is -0.137. The standard InChI is InChI=1S/C35H58N7O17P3S/c1-4-5-6-7-8-9-10-11-12-13-14-15-26(44)63-19-18-37-25(43)16-17-38-33(47)30(46)35(2,3)21-56-62(53,54)59-61(51,52)55-20-24-29(58-60(48,49)50)28(45)34(57-24)42-23-41-27-31(36)39-22-40-32(27)42/h11-14,22-24,28-30,34,45-46H,4-10,15-21H2,1-3H3,(H,37,43)(H,38,47)(H,51,52)(H,53,54)(H2,36,39,40)(H2,48,49,50)/b12-11-,14-13+/t24-,28-,29-,30+,34-/m1/s1. The van der Waals surface area contributed by atoms with Crippen molar-refractivity contribution >= 4 is 69.1 Å². The molecule has 0 spiro atoms. The number of imidazole rings is 1. The number of unbranched alkanes of at least 4 members (excludes halogenated alkanes) is 6. The highest BCUT2D eigenvalue weighted by Crippen LogP contribution is 2.61. The highest BCUT2D eigenvalue weighted by molar-refractivity contribution is 8.13. The van der Waals surface area contributed by atoms with E-state index in [2.05, 4.69) is 47.4 Å². The number of anilines is 1. The maximum atomic E-state index is 12.7. The van der Waals surface area contributed by atoms with Gasteiger partial charge in [0.25, 0.3) is 0 Å². The zero-order valence-corrected chi connectivity index (χ0v) is 38.5. The molecule has 0 bridgehead atoms. The van der Waals surface area contributed by atoms with Gasteiger partial charge in [0.1, 0.15) is 36.3 Å². The SMILES string of the molecule is CCCCCCCC/C=C\C=C\CC(=O)SCCNC(=O)CCNC(=O)[C@H](O)C(C)(C)COP(=O)(O)OP(=O)(O)OC[C@H]1O[C@@H](n2cnc3c(N)ncnc32)[C@H](O)[C@@H]1OP(=O)(O)O. The Balaban J connectivity index is 1.38.